The lowest BCUT2D eigenvalue weighted by molar-refractivity contribution is 0.234. The zero-order chi connectivity index (χ0) is 12.5. The van der Waals surface area contributed by atoms with Gasteiger partial charge in [-0.05, 0) is 12.8 Å². The van der Waals surface area contributed by atoms with E-state index in [4.69, 9.17) is 0 Å². The van der Waals surface area contributed by atoms with Crippen LogP contribution >= 0.6 is 27.3 Å². The molecule has 0 unspecified atom stereocenters. The first-order valence-corrected chi connectivity index (χ1v) is 8.53. The molecule has 0 atom stereocenters. The molecule has 2 amide bonds. The third-order valence-electron chi connectivity index (χ3n) is 2.41. The predicted molar refractivity (Wildman–Crippen MR) is 70.3 cm³/mol. The van der Waals surface area contributed by atoms with Crippen molar-refractivity contribution in [2.24, 2.45) is 0 Å². The standard InChI is InChI=1S/C9H11BrN2O3S2/c10-3-1-2-4-12-9(13)11-7-5-16-6-8(7)17(12,14)15/h5-6H,1-4H2,(H,11,13). The van der Waals surface area contributed by atoms with Gasteiger partial charge in [-0.15, -0.1) is 11.3 Å². The van der Waals surface area contributed by atoms with Crippen LogP contribution in [0.2, 0.25) is 0 Å². The third-order valence-corrected chi connectivity index (χ3v) is 5.68. The number of thiophene rings is 1. The number of urea groups is 1. The van der Waals surface area contributed by atoms with E-state index in [0.717, 1.165) is 16.1 Å². The highest BCUT2D eigenvalue weighted by molar-refractivity contribution is 9.09. The molecule has 0 spiro atoms. The SMILES string of the molecule is O=C1Nc2cscc2S(=O)(=O)N1CCCCBr. The van der Waals surface area contributed by atoms with E-state index in [9.17, 15) is 13.2 Å². The third kappa shape index (κ3) is 2.34. The highest BCUT2D eigenvalue weighted by Crippen LogP contribution is 2.33. The molecule has 0 saturated heterocycles. The molecule has 8 heteroatoms. The van der Waals surface area contributed by atoms with E-state index >= 15 is 0 Å². The van der Waals surface area contributed by atoms with Crippen LogP contribution in [0.5, 0.6) is 0 Å². The zero-order valence-corrected chi connectivity index (χ0v) is 12.1. The van der Waals surface area contributed by atoms with Gasteiger partial charge in [0, 0.05) is 22.6 Å². The lowest BCUT2D eigenvalue weighted by Crippen LogP contribution is -2.43. The number of rotatable bonds is 4. The minimum atomic E-state index is -3.65. The van der Waals surface area contributed by atoms with Gasteiger partial charge in [-0.3, -0.25) is 0 Å². The summed E-state index contributed by atoms with van der Waals surface area (Å²) in [6.45, 7) is 0.217. The number of alkyl halides is 1. The number of hydrogen-bond donors (Lipinski definition) is 1. The van der Waals surface area contributed by atoms with Crippen molar-refractivity contribution in [3.63, 3.8) is 0 Å². The van der Waals surface area contributed by atoms with Gasteiger partial charge in [0.05, 0.1) is 5.69 Å². The summed E-state index contributed by atoms with van der Waals surface area (Å²) in [6, 6.07) is -0.564. The topological polar surface area (TPSA) is 66.5 Å². The van der Waals surface area contributed by atoms with Gasteiger partial charge in [-0.2, -0.15) is 0 Å². The van der Waals surface area contributed by atoms with Crippen molar-refractivity contribution in [1.82, 2.24) is 4.31 Å². The fourth-order valence-electron chi connectivity index (χ4n) is 1.55. The number of nitrogens with zero attached hydrogens (tertiary/aromatic N) is 1. The van der Waals surface area contributed by atoms with E-state index in [1.54, 1.807) is 10.8 Å². The van der Waals surface area contributed by atoms with Gasteiger partial charge in [0.1, 0.15) is 4.90 Å². The molecular formula is C9H11BrN2O3S2. The monoisotopic (exact) mass is 338 g/mol. The van der Waals surface area contributed by atoms with Crippen LogP contribution in [0, 0.1) is 0 Å². The Kier molecular flexibility index (Phi) is 3.74. The Hall–Kier alpha value is -0.600. The maximum atomic E-state index is 12.1. The smallest absolute Gasteiger partial charge is 0.305 e. The van der Waals surface area contributed by atoms with Crippen molar-refractivity contribution in [2.45, 2.75) is 17.7 Å². The lowest BCUT2D eigenvalue weighted by Gasteiger charge is -2.26. The van der Waals surface area contributed by atoms with Crippen molar-refractivity contribution < 1.29 is 13.2 Å². The molecule has 1 aromatic rings. The van der Waals surface area contributed by atoms with E-state index < -0.39 is 16.1 Å². The highest BCUT2D eigenvalue weighted by atomic mass is 79.9. The molecule has 0 bridgehead atoms. The Morgan fingerprint density at radius 3 is 2.82 bits per heavy atom. The number of halogens is 1. The molecule has 1 aliphatic heterocycles. The number of nitrogens with one attached hydrogen (secondary N) is 1. The molecule has 1 aromatic heterocycles. The molecule has 2 heterocycles. The maximum Gasteiger partial charge on any atom is 0.335 e. The van der Waals surface area contributed by atoms with Gasteiger partial charge in [-0.25, -0.2) is 17.5 Å². The summed E-state index contributed by atoms with van der Waals surface area (Å²) in [4.78, 5) is 11.9. The van der Waals surface area contributed by atoms with Crippen LogP contribution in [-0.4, -0.2) is 30.6 Å². The summed E-state index contributed by atoms with van der Waals surface area (Å²) >= 11 is 4.53. The Labute approximate surface area is 112 Å². The minimum absolute atomic E-state index is 0.195. The predicted octanol–water partition coefficient (Wildman–Crippen LogP) is 2.46. The first-order valence-electron chi connectivity index (χ1n) is 5.03. The Balaban J connectivity index is 2.26. The number of carbonyl (C=O) groups is 1. The second kappa shape index (κ2) is 4.95. The van der Waals surface area contributed by atoms with Crippen molar-refractivity contribution in [3.05, 3.63) is 10.8 Å². The molecular weight excluding hydrogens is 328 g/mol. The average Bonchev–Trinajstić information content (AvgIpc) is 2.71. The Morgan fingerprint density at radius 2 is 2.12 bits per heavy atom. The zero-order valence-electron chi connectivity index (χ0n) is 8.85. The van der Waals surface area contributed by atoms with Crippen LogP contribution < -0.4 is 5.32 Å². The van der Waals surface area contributed by atoms with E-state index in [0.29, 0.717) is 12.1 Å². The molecule has 17 heavy (non-hydrogen) atoms. The van der Waals surface area contributed by atoms with Crippen molar-refractivity contribution >= 4 is 49.0 Å². The van der Waals surface area contributed by atoms with Crippen molar-refractivity contribution in [1.29, 1.82) is 0 Å². The Morgan fingerprint density at radius 1 is 1.35 bits per heavy atom. The fourth-order valence-corrected chi connectivity index (χ4v) is 4.58. The second-order valence-corrected chi connectivity index (χ2v) is 6.92. The summed E-state index contributed by atoms with van der Waals surface area (Å²) in [5.74, 6) is 0. The fraction of sp³-hybridized carbons (Fsp3) is 0.444. The van der Waals surface area contributed by atoms with Gasteiger partial charge in [0.25, 0.3) is 10.0 Å². The number of carbonyl (C=O) groups excluding carboxylic acids is 1. The molecule has 0 fully saturated rings. The molecule has 0 aliphatic carbocycles. The van der Waals surface area contributed by atoms with Crippen molar-refractivity contribution in [3.8, 4) is 0 Å². The molecule has 1 N–H and O–H groups in total. The maximum absolute atomic E-state index is 12.1. The van der Waals surface area contributed by atoms with Gasteiger partial charge >= 0.3 is 6.03 Å². The average molecular weight is 339 g/mol. The molecule has 2 rings (SSSR count). The van der Waals surface area contributed by atoms with Crippen LogP contribution in [0.3, 0.4) is 0 Å². The van der Waals surface area contributed by atoms with E-state index in [1.165, 1.54) is 11.3 Å². The quantitative estimate of drug-likeness (QED) is 0.677. The van der Waals surface area contributed by atoms with Crippen LogP contribution in [-0.2, 0) is 10.0 Å². The summed E-state index contributed by atoms with van der Waals surface area (Å²) in [5, 5.41) is 6.55. The van der Waals surface area contributed by atoms with Crippen LogP contribution in [0.15, 0.2) is 15.7 Å². The minimum Gasteiger partial charge on any atom is -0.305 e. The van der Waals surface area contributed by atoms with E-state index in [1.807, 2.05) is 0 Å². The number of hydrogen-bond acceptors (Lipinski definition) is 4. The first kappa shape index (κ1) is 12.8. The molecule has 0 aromatic carbocycles. The molecule has 94 valence electrons. The summed E-state index contributed by atoms with van der Waals surface area (Å²) in [6.07, 6.45) is 1.48. The van der Waals surface area contributed by atoms with Crippen LogP contribution in [0.25, 0.3) is 0 Å². The number of unbranched alkanes of at least 4 members (excludes halogenated alkanes) is 1. The summed E-state index contributed by atoms with van der Waals surface area (Å²) in [5.41, 5.74) is 0.386. The van der Waals surface area contributed by atoms with Crippen LogP contribution in [0.4, 0.5) is 10.5 Å². The van der Waals surface area contributed by atoms with E-state index in [2.05, 4.69) is 21.2 Å². The van der Waals surface area contributed by atoms with Gasteiger partial charge in [0.2, 0.25) is 0 Å². The second-order valence-electron chi connectivity index (χ2n) is 3.55. The van der Waals surface area contributed by atoms with Crippen molar-refractivity contribution in [2.75, 3.05) is 17.2 Å². The first-order chi connectivity index (χ1) is 8.07. The number of amides is 2. The molecule has 5 nitrogen and oxygen atoms in total. The summed E-state index contributed by atoms with van der Waals surface area (Å²) < 4.78 is 25.2. The highest BCUT2D eigenvalue weighted by Gasteiger charge is 2.36. The number of sulfonamides is 1. The lowest BCUT2D eigenvalue weighted by atomic mass is 10.3. The Bertz CT molecular complexity index is 526. The van der Waals surface area contributed by atoms with Gasteiger partial charge in [0.15, 0.2) is 0 Å². The van der Waals surface area contributed by atoms with Crippen LogP contribution in [0.1, 0.15) is 12.8 Å². The molecule has 1 aliphatic rings. The normalized spacial score (nSPS) is 17.7. The number of fused-ring (bicyclic) bond motifs is 1. The van der Waals surface area contributed by atoms with Gasteiger partial charge in [-0.1, -0.05) is 15.9 Å². The molecule has 0 saturated carbocycles. The van der Waals surface area contributed by atoms with Gasteiger partial charge < -0.3 is 5.32 Å². The summed E-state index contributed by atoms with van der Waals surface area (Å²) in [7, 11) is -3.65. The van der Waals surface area contributed by atoms with E-state index in [-0.39, 0.29) is 11.4 Å². The molecule has 0 radical (unpaired) electrons. The number of anilines is 1. The largest absolute Gasteiger partial charge is 0.335 e.